The largest absolute Gasteiger partial charge is 0.465 e. The number of aromatic amines is 1. The van der Waals surface area contributed by atoms with Crippen molar-refractivity contribution in [3.8, 4) is 11.3 Å². The van der Waals surface area contributed by atoms with Gasteiger partial charge in [-0.2, -0.15) is 0 Å². The summed E-state index contributed by atoms with van der Waals surface area (Å²) in [6.45, 7) is 7.54. The van der Waals surface area contributed by atoms with E-state index in [0.717, 1.165) is 25.1 Å². The van der Waals surface area contributed by atoms with E-state index in [1.807, 2.05) is 20.8 Å². The summed E-state index contributed by atoms with van der Waals surface area (Å²) in [6, 6.07) is 6.87. The number of nitrogens with one attached hydrogen (secondary N) is 1. The van der Waals surface area contributed by atoms with Crippen molar-refractivity contribution in [3.63, 3.8) is 0 Å². The molecule has 2 aromatic rings. The van der Waals surface area contributed by atoms with E-state index in [4.69, 9.17) is 9.47 Å². The van der Waals surface area contributed by atoms with Crippen molar-refractivity contribution in [1.29, 1.82) is 0 Å². The van der Waals surface area contributed by atoms with Gasteiger partial charge in [0.25, 0.3) is 0 Å². The van der Waals surface area contributed by atoms with Crippen LogP contribution in [-0.2, 0) is 15.9 Å². The highest BCUT2D eigenvalue weighted by Crippen LogP contribution is 2.25. The highest BCUT2D eigenvalue weighted by atomic mass is 16.6. The summed E-state index contributed by atoms with van der Waals surface area (Å²) in [7, 11) is 1.33. The van der Waals surface area contributed by atoms with Gasteiger partial charge >= 0.3 is 11.9 Å². The second-order valence-corrected chi connectivity index (χ2v) is 7.08. The van der Waals surface area contributed by atoms with E-state index in [2.05, 4.69) is 16.9 Å². The Morgan fingerprint density at radius 1 is 1.19 bits per heavy atom. The molecule has 0 aliphatic carbocycles. The number of imidazole rings is 1. The van der Waals surface area contributed by atoms with Crippen LogP contribution >= 0.6 is 0 Å². The molecule has 0 bridgehead atoms. The Kier molecular flexibility index (Phi) is 6.18. The molecule has 0 saturated carbocycles. The van der Waals surface area contributed by atoms with Gasteiger partial charge in [0.1, 0.15) is 17.1 Å². The zero-order chi connectivity index (χ0) is 19.3. The number of aromatic nitrogens is 2. The van der Waals surface area contributed by atoms with E-state index in [0.29, 0.717) is 22.5 Å². The van der Waals surface area contributed by atoms with Gasteiger partial charge in [0.15, 0.2) is 5.69 Å². The Hall–Kier alpha value is -2.63. The van der Waals surface area contributed by atoms with Gasteiger partial charge in [-0.25, -0.2) is 14.6 Å². The molecule has 0 atom stereocenters. The fourth-order valence-corrected chi connectivity index (χ4v) is 2.48. The van der Waals surface area contributed by atoms with Crippen LogP contribution in [0.25, 0.3) is 11.3 Å². The number of unbranched alkanes of at least 4 members (excludes halogenated alkanes) is 1. The van der Waals surface area contributed by atoms with Gasteiger partial charge < -0.3 is 14.5 Å². The molecule has 0 amide bonds. The Morgan fingerprint density at radius 2 is 1.92 bits per heavy atom. The van der Waals surface area contributed by atoms with Crippen molar-refractivity contribution in [2.75, 3.05) is 7.11 Å². The molecule has 1 heterocycles. The zero-order valence-electron chi connectivity index (χ0n) is 16.0. The van der Waals surface area contributed by atoms with Crippen LogP contribution in [0.3, 0.4) is 0 Å². The second-order valence-electron chi connectivity index (χ2n) is 7.08. The molecule has 6 heteroatoms. The second kappa shape index (κ2) is 8.17. The number of esters is 2. The first-order valence-electron chi connectivity index (χ1n) is 8.76. The van der Waals surface area contributed by atoms with Gasteiger partial charge in [0.2, 0.25) is 0 Å². The lowest BCUT2D eigenvalue weighted by Gasteiger charge is -2.19. The van der Waals surface area contributed by atoms with E-state index in [1.165, 1.54) is 7.11 Å². The number of methoxy groups -OCH3 is 1. The molecule has 1 N–H and O–H groups in total. The first kappa shape index (κ1) is 19.7. The molecule has 0 saturated heterocycles. The molecule has 0 spiro atoms. The van der Waals surface area contributed by atoms with Gasteiger partial charge in [0.05, 0.1) is 12.7 Å². The number of carbonyl (C=O) groups is 2. The minimum atomic E-state index is -0.614. The van der Waals surface area contributed by atoms with E-state index in [1.54, 1.807) is 24.3 Å². The fourth-order valence-electron chi connectivity index (χ4n) is 2.48. The number of hydrogen-bond acceptors (Lipinski definition) is 5. The number of ether oxygens (including phenoxy) is 2. The maximum atomic E-state index is 12.6. The number of H-pyrrole nitrogens is 1. The number of rotatable bonds is 6. The van der Waals surface area contributed by atoms with Crippen LogP contribution < -0.4 is 0 Å². The number of hydrogen-bond donors (Lipinski definition) is 1. The number of nitrogens with zero attached hydrogens (tertiary/aromatic N) is 1. The van der Waals surface area contributed by atoms with Crippen molar-refractivity contribution < 1.29 is 19.1 Å². The average Bonchev–Trinajstić information content (AvgIpc) is 3.02. The van der Waals surface area contributed by atoms with Crippen LogP contribution in [0.2, 0.25) is 0 Å². The number of carbonyl (C=O) groups excluding carboxylic acids is 2. The Labute approximate surface area is 153 Å². The molecule has 2 rings (SSSR count). The van der Waals surface area contributed by atoms with E-state index in [9.17, 15) is 9.59 Å². The molecule has 0 radical (unpaired) electrons. The Morgan fingerprint density at radius 3 is 2.54 bits per heavy atom. The van der Waals surface area contributed by atoms with Crippen molar-refractivity contribution in [2.24, 2.45) is 0 Å². The quantitative estimate of drug-likeness (QED) is 0.784. The third kappa shape index (κ3) is 4.94. The SMILES string of the molecule is CCCCc1nc(-c2cccc(C(=O)OC)c2)c(C(=O)OC(C)(C)C)[nH]1. The van der Waals surface area contributed by atoms with E-state index >= 15 is 0 Å². The molecular formula is C20H26N2O4. The summed E-state index contributed by atoms with van der Waals surface area (Å²) in [5.41, 5.74) is 1.23. The molecule has 0 fully saturated rings. The summed E-state index contributed by atoms with van der Waals surface area (Å²) in [5, 5.41) is 0. The highest BCUT2D eigenvalue weighted by molar-refractivity contribution is 5.96. The first-order chi connectivity index (χ1) is 12.2. The fraction of sp³-hybridized carbons (Fsp3) is 0.450. The molecule has 26 heavy (non-hydrogen) atoms. The summed E-state index contributed by atoms with van der Waals surface area (Å²) >= 11 is 0. The van der Waals surface area contributed by atoms with Crippen molar-refractivity contribution >= 4 is 11.9 Å². The van der Waals surface area contributed by atoms with E-state index in [-0.39, 0.29) is 0 Å². The van der Waals surface area contributed by atoms with Crippen molar-refractivity contribution in [3.05, 3.63) is 41.3 Å². The predicted molar refractivity (Wildman–Crippen MR) is 99.1 cm³/mol. The van der Waals surface area contributed by atoms with Crippen LogP contribution in [0, 0.1) is 0 Å². The minimum Gasteiger partial charge on any atom is -0.465 e. The van der Waals surface area contributed by atoms with Crippen LogP contribution in [0.4, 0.5) is 0 Å². The predicted octanol–water partition coefficient (Wildman–Crippen LogP) is 4.16. The maximum Gasteiger partial charge on any atom is 0.357 e. The van der Waals surface area contributed by atoms with Crippen molar-refractivity contribution in [1.82, 2.24) is 9.97 Å². The van der Waals surface area contributed by atoms with Gasteiger partial charge in [-0.3, -0.25) is 0 Å². The monoisotopic (exact) mass is 358 g/mol. The topological polar surface area (TPSA) is 81.3 Å². The smallest absolute Gasteiger partial charge is 0.357 e. The van der Waals surface area contributed by atoms with Crippen LogP contribution in [0.5, 0.6) is 0 Å². The molecule has 1 aromatic heterocycles. The van der Waals surface area contributed by atoms with Crippen molar-refractivity contribution in [2.45, 2.75) is 52.6 Å². The minimum absolute atomic E-state index is 0.299. The van der Waals surface area contributed by atoms with Crippen LogP contribution in [-0.4, -0.2) is 34.6 Å². The molecule has 0 unspecified atom stereocenters. The molecule has 0 aliphatic heterocycles. The lowest BCUT2D eigenvalue weighted by molar-refractivity contribution is 0.00641. The summed E-state index contributed by atoms with van der Waals surface area (Å²) < 4.78 is 10.3. The van der Waals surface area contributed by atoms with E-state index < -0.39 is 17.5 Å². The summed E-state index contributed by atoms with van der Waals surface area (Å²) in [5.74, 6) is -0.176. The Bertz CT molecular complexity index is 787. The lowest BCUT2D eigenvalue weighted by atomic mass is 10.1. The van der Waals surface area contributed by atoms with Gasteiger partial charge in [-0.1, -0.05) is 25.5 Å². The first-order valence-corrected chi connectivity index (χ1v) is 8.76. The maximum absolute atomic E-state index is 12.6. The molecular weight excluding hydrogens is 332 g/mol. The normalized spacial score (nSPS) is 11.3. The third-order valence-corrected chi connectivity index (χ3v) is 3.68. The Balaban J connectivity index is 2.47. The lowest BCUT2D eigenvalue weighted by Crippen LogP contribution is -2.24. The highest BCUT2D eigenvalue weighted by Gasteiger charge is 2.25. The standard InChI is InChI=1S/C20H26N2O4/c1-6-7-11-15-21-16(17(22-15)19(24)26-20(2,3)4)13-9-8-10-14(12-13)18(23)25-5/h8-10,12H,6-7,11H2,1-5H3,(H,21,22). The summed E-state index contributed by atoms with van der Waals surface area (Å²) in [6.07, 6.45) is 2.72. The average molecular weight is 358 g/mol. The number of benzene rings is 1. The van der Waals surface area contributed by atoms with Gasteiger partial charge in [0, 0.05) is 12.0 Å². The molecule has 140 valence electrons. The van der Waals surface area contributed by atoms with Gasteiger partial charge in [-0.05, 0) is 39.3 Å². The van der Waals surface area contributed by atoms with Gasteiger partial charge in [-0.15, -0.1) is 0 Å². The third-order valence-electron chi connectivity index (χ3n) is 3.68. The molecule has 6 nitrogen and oxygen atoms in total. The molecule has 1 aromatic carbocycles. The molecule has 0 aliphatic rings. The number of aryl methyl sites for hydroxylation is 1. The van der Waals surface area contributed by atoms with Crippen LogP contribution in [0.15, 0.2) is 24.3 Å². The zero-order valence-corrected chi connectivity index (χ0v) is 16.0. The van der Waals surface area contributed by atoms with Crippen LogP contribution in [0.1, 0.15) is 67.2 Å². The summed E-state index contributed by atoms with van der Waals surface area (Å²) in [4.78, 5) is 32.1.